The molecule has 0 unspecified atom stereocenters. The molecule has 0 aliphatic heterocycles. The monoisotopic (exact) mass is 435 g/mol. The van der Waals surface area contributed by atoms with Gasteiger partial charge in [0, 0.05) is 18.1 Å². The molecule has 0 aliphatic carbocycles. The maximum absolute atomic E-state index is 12.4. The number of oxazole rings is 1. The summed E-state index contributed by atoms with van der Waals surface area (Å²) in [6.07, 6.45) is 2.95. The summed E-state index contributed by atoms with van der Waals surface area (Å²) in [5.74, 6) is 0.838. The molecule has 4 rings (SSSR count). The maximum atomic E-state index is 12.4. The molecule has 0 fully saturated rings. The van der Waals surface area contributed by atoms with Gasteiger partial charge in [0.05, 0.1) is 19.4 Å². The van der Waals surface area contributed by atoms with Crippen LogP contribution in [0.5, 0.6) is 0 Å². The van der Waals surface area contributed by atoms with Crippen LogP contribution in [0.3, 0.4) is 0 Å². The second-order valence-corrected chi connectivity index (χ2v) is 7.59. The first kappa shape index (κ1) is 20.9. The van der Waals surface area contributed by atoms with Crippen molar-refractivity contribution in [1.29, 1.82) is 0 Å². The summed E-state index contributed by atoms with van der Waals surface area (Å²) in [6.45, 7) is 2.11. The van der Waals surface area contributed by atoms with Crippen molar-refractivity contribution in [3.05, 3.63) is 113 Å². The van der Waals surface area contributed by atoms with E-state index in [9.17, 15) is 4.79 Å². The lowest BCUT2D eigenvalue weighted by atomic mass is 10.1. The largest absolute Gasteiger partial charge is 0.467 e. The molecule has 0 saturated heterocycles. The Morgan fingerprint density at radius 2 is 1.74 bits per heavy atom. The zero-order valence-electron chi connectivity index (χ0n) is 16.8. The van der Waals surface area contributed by atoms with Gasteiger partial charge in [-0.3, -0.25) is 9.69 Å². The fourth-order valence-electron chi connectivity index (χ4n) is 3.25. The highest BCUT2D eigenvalue weighted by molar-refractivity contribution is 6.30. The molecule has 0 radical (unpaired) electrons. The highest BCUT2D eigenvalue weighted by Crippen LogP contribution is 2.17. The second kappa shape index (κ2) is 10.1. The highest BCUT2D eigenvalue weighted by Gasteiger charge is 2.16. The van der Waals surface area contributed by atoms with Gasteiger partial charge in [0.1, 0.15) is 12.0 Å². The first-order valence-electron chi connectivity index (χ1n) is 9.91. The molecule has 2 heterocycles. The summed E-state index contributed by atoms with van der Waals surface area (Å²) >= 11 is 6.15. The molecule has 4 aromatic rings. The molecule has 31 heavy (non-hydrogen) atoms. The smallest absolute Gasteiger partial charge is 0.273 e. The van der Waals surface area contributed by atoms with Crippen LogP contribution < -0.4 is 5.32 Å². The number of aromatic nitrogens is 1. The Morgan fingerprint density at radius 3 is 2.52 bits per heavy atom. The first-order valence-corrected chi connectivity index (χ1v) is 10.3. The van der Waals surface area contributed by atoms with Crippen LogP contribution in [0.2, 0.25) is 5.02 Å². The topological polar surface area (TPSA) is 71.5 Å². The van der Waals surface area contributed by atoms with E-state index in [0.29, 0.717) is 42.9 Å². The zero-order valence-corrected chi connectivity index (χ0v) is 17.6. The van der Waals surface area contributed by atoms with Gasteiger partial charge >= 0.3 is 0 Å². The highest BCUT2D eigenvalue weighted by atomic mass is 35.5. The van der Waals surface area contributed by atoms with Crippen LogP contribution in [-0.4, -0.2) is 15.8 Å². The molecular formula is C24H22ClN3O3. The fraction of sp³-hybridized carbons (Fsp3) is 0.167. The molecule has 2 aromatic carbocycles. The summed E-state index contributed by atoms with van der Waals surface area (Å²) in [5, 5.41) is 3.47. The molecule has 0 bridgehead atoms. The summed E-state index contributed by atoms with van der Waals surface area (Å²) in [5.41, 5.74) is 2.50. The number of nitrogens with zero attached hydrogens (tertiary/aromatic N) is 2. The molecule has 0 aliphatic rings. The summed E-state index contributed by atoms with van der Waals surface area (Å²) in [4.78, 5) is 18.9. The number of amides is 1. The lowest BCUT2D eigenvalue weighted by Crippen LogP contribution is -2.24. The van der Waals surface area contributed by atoms with Gasteiger partial charge in [-0.15, -0.1) is 0 Å². The van der Waals surface area contributed by atoms with Gasteiger partial charge in [-0.25, -0.2) is 4.98 Å². The van der Waals surface area contributed by atoms with Gasteiger partial charge in [-0.05, 0) is 35.4 Å². The Kier molecular flexibility index (Phi) is 6.82. The normalized spacial score (nSPS) is 11.0. The summed E-state index contributed by atoms with van der Waals surface area (Å²) in [7, 11) is 0. The van der Waals surface area contributed by atoms with Crippen LogP contribution in [0, 0.1) is 0 Å². The lowest BCUT2D eigenvalue weighted by Gasteiger charge is -2.21. The minimum Gasteiger partial charge on any atom is -0.467 e. The Morgan fingerprint density at radius 1 is 0.935 bits per heavy atom. The number of nitrogens with one attached hydrogen (secondary N) is 1. The number of carbonyl (C=O) groups is 1. The third-order valence-electron chi connectivity index (χ3n) is 4.69. The van der Waals surface area contributed by atoms with E-state index in [4.69, 9.17) is 20.4 Å². The van der Waals surface area contributed by atoms with E-state index in [2.05, 4.69) is 27.3 Å². The fourth-order valence-corrected chi connectivity index (χ4v) is 3.47. The molecule has 0 saturated carbocycles. The number of benzene rings is 2. The van der Waals surface area contributed by atoms with E-state index in [-0.39, 0.29) is 11.6 Å². The molecule has 1 N–H and O–H groups in total. The number of furan rings is 1. The number of halogens is 1. The molecule has 0 atom stereocenters. The Bertz CT molecular complexity index is 1110. The van der Waals surface area contributed by atoms with Crippen molar-refractivity contribution in [2.45, 2.75) is 26.2 Å². The van der Waals surface area contributed by atoms with Crippen molar-refractivity contribution in [3.8, 4) is 0 Å². The molecule has 7 heteroatoms. The SMILES string of the molecule is O=C(NCc1ccco1)c1coc(CN(Cc2ccccc2)Cc2cccc(Cl)c2)n1. The average molecular weight is 436 g/mol. The lowest BCUT2D eigenvalue weighted by molar-refractivity contribution is 0.0943. The standard InChI is InChI=1S/C24H22ClN3O3/c25-20-9-4-8-19(12-20)15-28(14-18-6-2-1-3-7-18)16-23-27-22(17-31-23)24(29)26-13-21-10-5-11-30-21/h1-12,17H,13-16H2,(H,26,29). The van der Waals surface area contributed by atoms with E-state index in [1.54, 1.807) is 18.4 Å². The Hall–Kier alpha value is -3.35. The second-order valence-electron chi connectivity index (χ2n) is 7.15. The number of hydrogen-bond acceptors (Lipinski definition) is 5. The molecule has 2 aromatic heterocycles. The van der Waals surface area contributed by atoms with E-state index in [1.807, 2.05) is 42.5 Å². The maximum Gasteiger partial charge on any atom is 0.273 e. The van der Waals surface area contributed by atoms with E-state index in [0.717, 1.165) is 5.56 Å². The van der Waals surface area contributed by atoms with Crippen LogP contribution in [-0.2, 0) is 26.2 Å². The third-order valence-corrected chi connectivity index (χ3v) is 4.93. The molecular weight excluding hydrogens is 414 g/mol. The van der Waals surface area contributed by atoms with Gasteiger partial charge in [0.25, 0.3) is 5.91 Å². The zero-order chi connectivity index (χ0) is 21.5. The predicted molar refractivity (Wildman–Crippen MR) is 117 cm³/mol. The van der Waals surface area contributed by atoms with Crippen molar-refractivity contribution in [2.75, 3.05) is 0 Å². The van der Waals surface area contributed by atoms with Crippen LogP contribution in [0.4, 0.5) is 0 Å². The van der Waals surface area contributed by atoms with Crippen molar-refractivity contribution >= 4 is 17.5 Å². The van der Waals surface area contributed by atoms with Crippen molar-refractivity contribution < 1.29 is 13.6 Å². The Balaban J connectivity index is 1.44. The van der Waals surface area contributed by atoms with Crippen molar-refractivity contribution in [1.82, 2.24) is 15.2 Å². The van der Waals surface area contributed by atoms with Gasteiger partial charge < -0.3 is 14.2 Å². The number of carbonyl (C=O) groups excluding carboxylic acids is 1. The van der Waals surface area contributed by atoms with E-state index < -0.39 is 0 Å². The average Bonchev–Trinajstić information content (AvgIpc) is 3.45. The summed E-state index contributed by atoms with van der Waals surface area (Å²) < 4.78 is 10.8. The van der Waals surface area contributed by atoms with Crippen LogP contribution in [0.15, 0.2) is 88.1 Å². The molecule has 1 amide bonds. The van der Waals surface area contributed by atoms with Crippen LogP contribution in [0.25, 0.3) is 0 Å². The first-order chi connectivity index (χ1) is 15.2. The number of hydrogen-bond donors (Lipinski definition) is 1. The van der Waals surface area contributed by atoms with Gasteiger partial charge in [-0.1, -0.05) is 54.1 Å². The predicted octanol–water partition coefficient (Wildman–Crippen LogP) is 5.05. The minimum atomic E-state index is -0.309. The van der Waals surface area contributed by atoms with Crippen LogP contribution in [0.1, 0.15) is 33.3 Å². The third kappa shape index (κ3) is 6.07. The number of rotatable bonds is 9. The quantitative estimate of drug-likeness (QED) is 0.398. The van der Waals surface area contributed by atoms with E-state index in [1.165, 1.54) is 11.8 Å². The van der Waals surface area contributed by atoms with Gasteiger partial charge in [-0.2, -0.15) is 0 Å². The van der Waals surface area contributed by atoms with Gasteiger partial charge in [0.15, 0.2) is 5.69 Å². The molecule has 158 valence electrons. The van der Waals surface area contributed by atoms with E-state index >= 15 is 0 Å². The van der Waals surface area contributed by atoms with Crippen molar-refractivity contribution in [3.63, 3.8) is 0 Å². The molecule has 6 nitrogen and oxygen atoms in total. The van der Waals surface area contributed by atoms with Gasteiger partial charge in [0.2, 0.25) is 5.89 Å². The van der Waals surface area contributed by atoms with Crippen molar-refractivity contribution in [2.24, 2.45) is 0 Å². The van der Waals surface area contributed by atoms with Crippen LogP contribution >= 0.6 is 11.6 Å². The Labute approximate surface area is 185 Å². The summed E-state index contributed by atoms with van der Waals surface area (Å²) in [6, 6.07) is 21.5. The molecule has 0 spiro atoms. The minimum absolute atomic E-state index is 0.240.